The first-order chi connectivity index (χ1) is 7.63. The van der Waals surface area contributed by atoms with E-state index in [-0.39, 0.29) is 6.04 Å². The first-order valence-electron chi connectivity index (χ1n) is 5.08. The van der Waals surface area contributed by atoms with Gasteiger partial charge in [0.1, 0.15) is 0 Å². The molecular weight excluding hydrogens is 226 g/mol. The Labute approximate surface area is 98.8 Å². The van der Waals surface area contributed by atoms with Gasteiger partial charge in [-0.15, -0.1) is 0 Å². The van der Waals surface area contributed by atoms with Crippen molar-refractivity contribution in [2.75, 3.05) is 0 Å². The van der Waals surface area contributed by atoms with E-state index < -0.39 is 0 Å². The minimum absolute atomic E-state index is 0.288. The van der Waals surface area contributed by atoms with Gasteiger partial charge < -0.3 is 5.73 Å². The second-order valence-electron chi connectivity index (χ2n) is 3.62. The van der Waals surface area contributed by atoms with Crippen LogP contribution in [-0.2, 0) is 13.6 Å². The lowest BCUT2D eigenvalue weighted by molar-refractivity contribution is 0.600. The molecule has 0 aliphatic rings. The number of hydrogen-bond donors (Lipinski definition) is 1. The topological polar surface area (TPSA) is 61.7 Å². The molecule has 1 atom stereocenters. The van der Waals surface area contributed by atoms with E-state index in [0.717, 1.165) is 17.8 Å². The third-order valence-electron chi connectivity index (χ3n) is 2.51. The van der Waals surface area contributed by atoms with E-state index in [0.29, 0.717) is 5.02 Å². The van der Waals surface area contributed by atoms with Crippen LogP contribution in [0.2, 0.25) is 5.02 Å². The van der Waals surface area contributed by atoms with Crippen LogP contribution in [0.3, 0.4) is 0 Å². The minimum Gasteiger partial charge on any atom is -0.319 e. The van der Waals surface area contributed by atoms with Gasteiger partial charge in [0, 0.05) is 25.4 Å². The maximum atomic E-state index is 6.15. The summed E-state index contributed by atoms with van der Waals surface area (Å²) in [4.78, 5) is 0. The Morgan fingerprint density at radius 1 is 1.44 bits per heavy atom. The van der Waals surface area contributed by atoms with Gasteiger partial charge in [0.25, 0.3) is 0 Å². The normalized spacial score (nSPS) is 13.0. The van der Waals surface area contributed by atoms with Crippen LogP contribution in [0.1, 0.15) is 24.2 Å². The Hall–Kier alpha value is -1.33. The van der Waals surface area contributed by atoms with E-state index in [1.54, 1.807) is 21.8 Å². The number of aryl methyl sites for hydroxylation is 2. The number of nitrogens with two attached hydrogens (primary N) is 1. The van der Waals surface area contributed by atoms with Crippen molar-refractivity contribution in [3.8, 4) is 0 Å². The van der Waals surface area contributed by atoms with Crippen molar-refractivity contribution in [1.82, 2.24) is 19.6 Å². The molecule has 2 aromatic rings. The second-order valence-corrected chi connectivity index (χ2v) is 4.03. The van der Waals surface area contributed by atoms with Crippen molar-refractivity contribution in [3.63, 3.8) is 0 Å². The lowest BCUT2D eigenvalue weighted by Gasteiger charge is -2.12. The molecule has 0 saturated heterocycles. The van der Waals surface area contributed by atoms with Crippen LogP contribution in [0, 0.1) is 0 Å². The largest absolute Gasteiger partial charge is 0.319 e. The summed E-state index contributed by atoms with van der Waals surface area (Å²) >= 11 is 6.08. The number of halogens is 1. The second kappa shape index (κ2) is 4.27. The maximum Gasteiger partial charge on any atom is 0.0837 e. The van der Waals surface area contributed by atoms with E-state index in [4.69, 9.17) is 17.3 Å². The van der Waals surface area contributed by atoms with Crippen molar-refractivity contribution in [1.29, 1.82) is 0 Å². The lowest BCUT2D eigenvalue weighted by atomic mass is 10.1. The highest BCUT2D eigenvalue weighted by atomic mass is 35.5. The summed E-state index contributed by atoms with van der Waals surface area (Å²) in [7, 11) is 1.86. The SMILES string of the molecule is CCn1ncc(Cl)c1C(N)c1cnn(C)c1. The summed E-state index contributed by atoms with van der Waals surface area (Å²) in [6, 6.07) is -0.288. The molecule has 0 bridgehead atoms. The molecule has 2 heterocycles. The summed E-state index contributed by atoms with van der Waals surface area (Å²) in [5.41, 5.74) is 7.91. The quantitative estimate of drug-likeness (QED) is 0.879. The Morgan fingerprint density at radius 2 is 2.19 bits per heavy atom. The molecule has 1 unspecified atom stereocenters. The zero-order valence-corrected chi connectivity index (χ0v) is 10.0. The molecule has 0 aromatic carbocycles. The van der Waals surface area contributed by atoms with Crippen molar-refractivity contribution in [2.45, 2.75) is 19.5 Å². The highest BCUT2D eigenvalue weighted by Crippen LogP contribution is 2.25. The van der Waals surface area contributed by atoms with Gasteiger partial charge in [0.2, 0.25) is 0 Å². The predicted molar refractivity (Wildman–Crippen MR) is 62.1 cm³/mol. The summed E-state index contributed by atoms with van der Waals surface area (Å²) in [6.07, 6.45) is 5.25. The van der Waals surface area contributed by atoms with Crippen LogP contribution in [0.15, 0.2) is 18.6 Å². The zero-order chi connectivity index (χ0) is 11.7. The highest BCUT2D eigenvalue weighted by molar-refractivity contribution is 6.31. The molecule has 5 nitrogen and oxygen atoms in total. The van der Waals surface area contributed by atoms with Gasteiger partial charge in [-0.1, -0.05) is 11.6 Å². The molecule has 0 fully saturated rings. The number of aromatic nitrogens is 4. The molecule has 2 aromatic heterocycles. The molecule has 0 saturated carbocycles. The molecule has 2 N–H and O–H groups in total. The predicted octanol–water partition coefficient (Wildman–Crippen LogP) is 1.34. The van der Waals surface area contributed by atoms with Crippen LogP contribution in [0.4, 0.5) is 0 Å². The molecule has 0 aliphatic heterocycles. The average Bonchev–Trinajstić information content (AvgIpc) is 2.83. The first-order valence-corrected chi connectivity index (χ1v) is 5.46. The summed E-state index contributed by atoms with van der Waals surface area (Å²) in [6.45, 7) is 2.75. The minimum atomic E-state index is -0.288. The van der Waals surface area contributed by atoms with Gasteiger partial charge in [-0.2, -0.15) is 10.2 Å². The van der Waals surface area contributed by atoms with Gasteiger partial charge in [-0.3, -0.25) is 9.36 Å². The van der Waals surface area contributed by atoms with Crippen molar-refractivity contribution < 1.29 is 0 Å². The van der Waals surface area contributed by atoms with Gasteiger partial charge in [-0.05, 0) is 6.92 Å². The maximum absolute atomic E-state index is 6.15. The van der Waals surface area contributed by atoms with Crippen molar-refractivity contribution >= 4 is 11.6 Å². The molecule has 0 amide bonds. The molecule has 0 spiro atoms. The van der Waals surface area contributed by atoms with Crippen molar-refractivity contribution in [2.24, 2.45) is 12.8 Å². The fraction of sp³-hybridized carbons (Fsp3) is 0.400. The number of rotatable bonds is 3. The Bertz CT molecular complexity index is 487. The third-order valence-corrected chi connectivity index (χ3v) is 2.80. The molecule has 2 rings (SSSR count). The van der Waals surface area contributed by atoms with E-state index in [2.05, 4.69) is 10.2 Å². The van der Waals surface area contributed by atoms with Crippen LogP contribution in [0.5, 0.6) is 0 Å². The van der Waals surface area contributed by atoms with Gasteiger partial charge >= 0.3 is 0 Å². The zero-order valence-electron chi connectivity index (χ0n) is 9.26. The lowest BCUT2D eigenvalue weighted by Crippen LogP contribution is -2.17. The first kappa shape index (κ1) is 11.2. The standard InChI is InChI=1S/C10H14ClN5/c1-3-16-10(8(11)5-14-16)9(12)7-4-13-15(2)6-7/h4-6,9H,3,12H2,1-2H3. The third kappa shape index (κ3) is 1.83. The molecular formula is C10H14ClN5. The van der Waals surface area contributed by atoms with E-state index in [9.17, 15) is 0 Å². The van der Waals surface area contributed by atoms with Crippen LogP contribution < -0.4 is 5.73 Å². The Balaban J connectivity index is 2.40. The van der Waals surface area contributed by atoms with Gasteiger partial charge in [0.15, 0.2) is 0 Å². The van der Waals surface area contributed by atoms with Crippen LogP contribution >= 0.6 is 11.6 Å². The monoisotopic (exact) mass is 239 g/mol. The van der Waals surface area contributed by atoms with E-state index in [1.807, 2.05) is 20.2 Å². The smallest absolute Gasteiger partial charge is 0.0837 e. The van der Waals surface area contributed by atoms with Crippen molar-refractivity contribution in [3.05, 3.63) is 34.9 Å². The van der Waals surface area contributed by atoms with E-state index in [1.165, 1.54) is 0 Å². The Kier molecular flexibility index (Phi) is 2.98. The Morgan fingerprint density at radius 3 is 2.75 bits per heavy atom. The van der Waals surface area contributed by atoms with Gasteiger partial charge in [-0.25, -0.2) is 0 Å². The fourth-order valence-corrected chi connectivity index (χ4v) is 1.95. The van der Waals surface area contributed by atoms with Gasteiger partial charge in [0.05, 0.1) is 29.2 Å². The molecule has 86 valence electrons. The summed E-state index contributed by atoms with van der Waals surface area (Å²) < 4.78 is 3.52. The summed E-state index contributed by atoms with van der Waals surface area (Å²) in [5, 5.41) is 8.86. The summed E-state index contributed by atoms with van der Waals surface area (Å²) in [5.74, 6) is 0. The van der Waals surface area contributed by atoms with Crippen LogP contribution in [-0.4, -0.2) is 19.6 Å². The molecule has 6 heteroatoms. The van der Waals surface area contributed by atoms with Crippen LogP contribution in [0.25, 0.3) is 0 Å². The molecule has 0 radical (unpaired) electrons. The highest BCUT2D eigenvalue weighted by Gasteiger charge is 2.18. The fourth-order valence-electron chi connectivity index (χ4n) is 1.69. The van der Waals surface area contributed by atoms with E-state index >= 15 is 0 Å². The number of nitrogens with zero attached hydrogens (tertiary/aromatic N) is 4. The molecule has 16 heavy (non-hydrogen) atoms. The average molecular weight is 240 g/mol. The number of hydrogen-bond acceptors (Lipinski definition) is 3. The molecule has 0 aliphatic carbocycles.